The molecule has 35 heavy (non-hydrogen) atoms. The molecule has 0 aliphatic rings. The molecule has 0 atom stereocenters. The number of benzene rings is 2. The number of ether oxygens (including phenoxy) is 1. The quantitative estimate of drug-likeness (QED) is 0.177. The van der Waals surface area contributed by atoms with Crippen molar-refractivity contribution in [1.82, 2.24) is 14.6 Å². The topological polar surface area (TPSA) is 113 Å². The summed E-state index contributed by atoms with van der Waals surface area (Å²) < 4.78 is 13.2. The van der Waals surface area contributed by atoms with Gasteiger partial charge in [-0.15, -0.1) is 5.10 Å². The highest BCUT2D eigenvalue weighted by Crippen LogP contribution is 2.26. The van der Waals surface area contributed by atoms with Crippen LogP contribution in [0.5, 0.6) is 5.75 Å². The Kier molecular flexibility index (Phi) is 6.11. The lowest BCUT2D eigenvalue weighted by molar-refractivity contribution is -0.384. The molecule has 0 unspecified atom stereocenters. The van der Waals surface area contributed by atoms with Gasteiger partial charge in [0.2, 0.25) is 4.96 Å². The Labute approximate surface area is 203 Å². The van der Waals surface area contributed by atoms with Crippen LogP contribution in [0.25, 0.3) is 33.7 Å². The molecule has 0 bridgehead atoms. The zero-order valence-electron chi connectivity index (χ0n) is 18.7. The van der Waals surface area contributed by atoms with E-state index >= 15 is 0 Å². The molecule has 0 radical (unpaired) electrons. The van der Waals surface area contributed by atoms with Crippen LogP contribution < -0.4 is 14.8 Å². The van der Waals surface area contributed by atoms with E-state index in [9.17, 15) is 14.9 Å². The fourth-order valence-corrected chi connectivity index (χ4v) is 4.37. The first-order chi connectivity index (χ1) is 17.0. The summed E-state index contributed by atoms with van der Waals surface area (Å²) in [4.78, 5) is 28.4. The number of unbranched alkanes of at least 4 members (excludes halogenated alkanes) is 1. The van der Waals surface area contributed by atoms with E-state index in [4.69, 9.17) is 9.15 Å². The second-order valence-corrected chi connectivity index (χ2v) is 8.79. The Hall–Kier alpha value is -4.31. The number of thiazole rings is 1. The second-order valence-electron chi connectivity index (χ2n) is 7.78. The predicted molar refractivity (Wildman–Crippen MR) is 133 cm³/mol. The van der Waals surface area contributed by atoms with E-state index in [0.717, 1.165) is 24.2 Å². The third-order valence-electron chi connectivity index (χ3n) is 5.30. The van der Waals surface area contributed by atoms with Gasteiger partial charge in [-0.1, -0.05) is 36.8 Å². The fraction of sp³-hybridized carbons (Fsp3) is 0.160. The molecule has 3 heterocycles. The summed E-state index contributed by atoms with van der Waals surface area (Å²) in [5, 5.41) is 15.4. The van der Waals surface area contributed by atoms with Crippen LogP contribution in [0.2, 0.25) is 0 Å². The van der Waals surface area contributed by atoms with Crippen molar-refractivity contribution in [2.24, 2.45) is 0 Å². The fourth-order valence-electron chi connectivity index (χ4n) is 3.48. The number of aromatic nitrogens is 3. The van der Waals surface area contributed by atoms with Crippen molar-refractivity contribution >= 4 is 28.1 Å². The molecule has 0 amide bonds. The van der Waals surface area contributed by atoms with Crippen molar-refractivity contribution in [1.29, 1.82) is 0 Å². The number of nitrogens with zero attached hydrogens (tertiary/aromatic N) is 4. The van der Waals surface area contributed by atoms with Gasteiger partial charge in [0.1, 0.15) is 21.8 Å². The summed E-state index contributed by atoms with van der Waals surface area (Å²) in [6.45, 7) is 2.79. The maximum atomic E-state index is 12.9. The molecule has 5 rings (SSSR count). The highest BCUT2D eigenvalue weighted by molar-refractivity contribution is 7.15. The van der Waals surface area contributed by atoms with Crippen LogP contribution in [-0.2, 0) is 0 Å². The maximum absolute atomic E-state index is 12.9. The van der Waals surface area contributed by atoms with Crippen LogP contribution in [0.4, 0.5) is 5.69 Å². The van der Waals surface area contributed by atoms with Gasteiger partial charge in [-0.3, -0.25) is 14.9 Å². The number of hydrogen-bond acceptors (Lipinski definition) is 8. The molecular weight excluding hydrogens is 468 g/mol. The van der Waals surface area contributed by atoms with Crippen molar-refractivity contribution in [3.63, 3.8) is 0 Å². The van der Waals surface area contributed by atoms with Crippen LogP contribution >= 0.6 is 11.3 Å². The minimum absolute atomic E-state index is 0.0220. The van der Waals surface area contributed by atoms with Crippen molar-refractivity contribution < 1.29 is 14.1 Å². The van der Waals surface area contributed by atoms with Crippen molar-refractivity contribution in [2.45, 2.75) is 19.8 Å². The predicted octanol–water partition coefficient (Wildman–Crippen LogP) is 4.71. The number of furan rings is 1. The van der Waals surface area contributed by atoms with Crippen molar-refractivity contribution in [3.05, 3.63) is 91.4 Å². The minimum atomic E-state index is -0.457. The molecule has 5 aromatic rings. The van der Waals surface area contributed by atoms with Gasteiger partial charge in [-0.05, 0) is 42.8 Å². The number of fused-ring (bicyclic) bond motifs is 1. The SMILES string of the molecule is CCCCOc1ccc(-c2nc3s/c(=C/c4ccc(-c5cccc([N+](=O)[O-])c5)o4)c(=O)n3n2)cc1. The van der Waals surface area contributed by atoms with Crippen LogP contribution in [0.3, 0.4) is 0 Å². The standard InChI is InChI=1S/C25H20N4O5S/c1-2-3-13-33-19-9-7-16(8-10-19)23-26-25-28(27-23)24(30)22(35-25)15-20-11-12-21(34-20)17-5-4-6-18(14-17)29(31)32/h4-12,14-15H,2-3,13H2,1H3/b22-15+. The van der Waals surface area contributed by atoms with E-state index in [1.54, 1.807) is 30.3 Å². The van der Waals surface area contributed by atoms with E-state index in [-0.39, 0.29) is 11.2 Å². The molecule has 9 nitrogen and oxygen atoms in total. The molecule has 176 valence electrons. The molecule has 2 aromatic carbocycles. The first kappa shape index (κ1) is 22.5. The van der Waals surface area contributed by atoms with Crippen LogP contribution in [0.1, 0.15) is 25.5 Å². The largest absolute Gasteiger partial charge is 0.494 e. The number of nitro groups is 1. The Morgan fingerprint density at radius 3 is 2.71 bits per heavy atom. The van der Waals surface area contributed by atoms with Crippen molar-refractivity contribution in [2.75, 3.05) is 6.61 Å². The number of rotatable bonds is 8. The van der Waals surface area contributed by atoms with E-state index in [1.807, 2.05) is 24.3 Å². The average Bonchev–Trinajstić information content (AvgIpc) is 3.57. The van der Waals surface area contributed by atoms with E-state index in [1.165, 1.54) is 28.0 Å². The highest BCUT2D eigenvalue weighted by Gasteiger charge is 2.14. The van der Waals surface area contributed by atoms with Crippen LogP contribution in [0, 0.1) is 10.1 Å². The molecule has 0 N–H and O–H groups in total. The van der Waals surface area contributed by atoms with Gasteiger partial charge >= 0.3 is 0 Å². The monoisotopic (exact) mass is 488 g/mol. The first-order valence-corrected chi connectivity index (χ1v) is 11.8. The van der Waals surface area contributed by atoms with Gasteiger partial charge in [0.05, 0.1) is 11.5 Å². The molecule has 0 saturated carbocycles. The van der Waals surface area contributed by atoms with Gasteiger partial charge in [0.15, 0.2) is 5.82 Å². The smallest absolute Gasteiger partial charge is 0.291 e. The zero-order valence-corrected chi connectivity index (χ0v) is 19.5. The van der Waals surface area contributed by atoms with E-state index in [2.05, 4.69) is 17.0 Å². The summed E-state index contributed by atoms with van der Waals surface area (Å²) in [5.74, 6) is 2.17. The van der Waals surface area contributed by atoms with Gasteiger partial charge in [-0.2, -0.15) is 9.50 Å². The summed E-state index contributed by atoms with van der Waals surface area (Å²) in [7, 11) is 0. The Bertz CT molecular complexity index is 1620. The third-order valence-corrected chi connectivity index (χ3v) is 6.26. The van der Waals surface area contributed by atoms with E-state index in [0.29, 0.717) is 39.0 Å². The molecule has 0 aliphatic heterocycles. The molecular formula is C25H20N4O5S. The first-order valence-electron chi connectivity index (χ1n) is 11.0. The van der Waals surface area contributed by atoms with Gasteiger partial charge in [-0.25, -0.2) is 0 Å². The van der Waals surface area contributed by atoms with Crippen LogP contribution in [0.15, 0.2) is 69.9 Å². The van der Waals surface area contributed by atoms with E-state index < -0.39 is 4.92 Å². The summed E-state index contributed by atoms with van der Waals surface area (Å²) in [6.07, 6.45) is 3.69. The summed E-state index contributed by atoms with van der Waals surface area (Å²) in [5.41, 5.74) is 1.06. The number of non-ortho nitro benzene ring substituents is 1. The molecule has 0 spiro atoms. The summed E-state index contributed by atoms with van der Waals surface area (Å²) >= 11 is 1.21. The Balaban J connectivity index is 1.39. The molecule has 0 saturated heterocycles. The number of nitro benzene ring substituents is 1. The average molecular weight is 489 g/mol. The second kappa shape index (κ2) is 9.51. The minimum Gasteiger partial charge on any atom is -0.494 e. The summed E-state index contributed by atoms with van der Waals surface area (Å²) in [6, 6.07) is 17.1. The number of hydrogen-bond donors (Lipinski definition) is 0. The Morgan fingerprint density at radius 2 is 1.97 bits per heavy atom. The maximum Gasteiger partial charge on any atom is 0.291 e. The Morgan fingerprint density at radius 1 is 1.14 bits per heavy atom. The van der Waals surface area contributed by atoms with Crippen LogP contribution in [-0.4, -0.2) is 26.1 Å². The van der Waals surface area contributed by atoms with Gasteiger partial charge in [0, 0.05) is 29.3 Å². The highest BCUT2D eigenvalue weighted by atomic mass is 32.1. The van der Waals surface area contributed by atoms with Crippen molar-refractivity contribution in [3.8, 4) is 28.5 Å². The van der Waals surface area contributed by atoms with Gasteiger partial charge < -0.3 is 9.15 Å². The third kappa shape index (κ3) is 4.69. The molecule has 0 fully saturated rings. The van der Waals surface area contributed by atoms with Gasteiger partial charge in [0.25, 0.3) is 11.2 Å². The lowest BCUT2D eigenvalue weighted by atomic mass is 10.1. The molecule has 10 heteroatoms. The lowest BCUT2D eigenvalue weighted by Crippen LogP contribution is -2.23. The molecule has 3 aromatic heterocycles. The lowest BCUT2D eigenvalue weighted by Gasteiger charge is -2.05. The zero-order chi connectivity index (χ0) is 24.4. The molecule has 0 aliphatic carbocycles. The normalized spacial score (nSPS) is 11.9.